The average molecular weight is 280 g/mol. The molecule has 1 heterocycles. The first kappa shape index (κ1) is 14.3. The standard InChI is InChI=1S/C13H16N2O5/c16-11-2-1-8(13(18)19)5-10(11)15-12(17)6-9-7-14-3-4-20-9/h1-2,5,9,14,16H,3-4,6-7H2,(H,15,17)(H,18,19). The second-order valence-electron chi connectivity index (χ2n) is 4.49. The molecule has 20 heavy (non-hydrogen) atoms. The Morgan fingerprint density at radius 2 is 2.25 bits per heavy atom. The molecular weight excluding hydrogens is 264 g/mol. The molecule has 1 unspecified atom stereocenters. The van der Waals surface area contributed by atoms with Crippen LogP contribution in [0.25, 0.3) is 0 Å². The number of nitrogens with one attached hydrogen (secondary N) is 2. The molecule has 2 rings (SSSR count). The van der Waals surface area contributed by atoms with Gasteiger partial charge in [-0.05, 0) is 18.2 Å². The van der Waals surface area contributed by atoms with Crippen LogP contribution in [0.15, 0.2) is 18.2 Å². The molecule has 0 aliphatic carbocycles. The lowest BCUT2D eigenvalue weighted by molar-refractivity contribution is -0.119. The normalized spacial score (nSPS) is 18.5. The van der Waals surface area contributed by atoms with Gasteiger partial charge in [0, 0.05) is 13.1 Å². The number of amides is 1. The molecule has 0 spiro atoms. The van der Waals surface area contributed by atoms with Crippen LogP contribution in [-0.4, -0.2) is 47.9 Å². The summed E-state index contributed by atoms with van der Waals surface area (Å²) in [6.07, 6.45) is -0.0717. The topological polar surface area (TPSA) is 108 Å². The molecule has 0 saturated carbocycles. The molecule has 1 aromatic carbocycles. The summed E-state index contributed by atoms with van der Waals surface area (Å²) in [4.78, 5) is 22.7. The fourth-order valence-corrected chi connectivity index (χ4v) is 1.93. The van der Waals surface area contributed by atoms with E-state index in [2.05, 4.69) is 10.6 Å². The molecule has 1 atom stereocenters. The number of hydrogen-bond acceptors (Lipinski definition) is 5. The maximum Gasteiger partial charge on any atom is 0.335 e. The Labute approximate surface area is 115 Å². The molecule has 4 N–H and O–H groups in total. The van der Waals surface area contributed by atoms with Gasteiger partial charge in [-0.3, -0.25) is 4.79 Å². The van der Waals surface area contributed by atoms with Gasteiger partial charge in [-0.25, -0.2) is 4.79 Å². The Kier molecular flexibility index (Phi) is 4.54. The highest BCUT2D eigenvalue weighted by Crippen LogP contribution is 2.24. The van der Waals surface area contributed by atoms with Crippen LogP contribution in [0.1, 0.15) is 16.8 Å². The van der Waals surface area contributed by atoms with Gasteiger partial charge in [0.15, 0.2) is 0 Å². The highest BCUT2D eigenvalue weighted by Gasteiger charge is 2.18. The van der Waals surface area contributed by atoms with Gasteiger partial charge in [0.25, 0.3) is 0 Å². The molecule has 1 saturated heterocycles. The van der Waals surface area contributed by atoms with Crippen molar-refractivity contribution in [1.82, 2.24) is 5.32 Å². The van der Waals surface area contributed by atoms with E-state index in [4.69, 9.17) is 9.84 Å². The van der Waals surface area contributed by atoms with Crippen LogP contribution in [0.2, 0.25) is 0 Å². The van der Waals surface area contributed by atoms with Crippen molar-refractivity contribution in [2.24, 2.45) is 0 Å². The van der Waals surface area contributed by atoms with E-state index in [1.54, 1.807) is 0 Å². The molecular formula is C13H16N2O5. The molecule has 1 aliphatic heterocycles. The number of phenolic OH excluding ortho intramolecular Hbond substituents is 1. The van der Waals surface area contributed by atoms with Crippen LogP contribution in [0.3, 0.4) is 0 Å². The average Bonchev–Trinajstić information content (AvgIpc) is 2.42. The van der Waals surface area contributed by atoms with Crippen LogP contribution in [0.4, 0.5) is 5.69 Å². The van der Waals surface area contributed by atoms with E-state index >= 15 is 0 Å². The van der Waals surface area contributed by atoms with Gasteiger partial charge >= 0.3 is 5.97 Å². The number of morpholine rings is 1. The summed E-state index contributed by atoms with van der Waals surface area (Å²) in [6.45, 7) is 1.91. The maximum atomic E-state index is 11.8. The quantitative estimate of drug-likeness (QED) is 0.595. The predicted molar refractivity (Wildman–Crippen MR) is 70.9 cm³/mol. The molecule has 0 bridgehead atoms. The van der Waals surface area contributed by atoms with Crippen molar-refractivity contribution in [2.75, 3.05) is 25.0 Å². The molecule has 0 aromatic heterocycles. The Morgan fingerprint density at radius 3 is 2.90 bits per heavy atom. The van der Waals surface area contributed by atoms with Gasteiger partial charge < -0.3 is 25.6 Å². The zero-order chi connectivity index (χ0) is 14.5. The van der Waals surface area contributed by atoms with Crippen LogP contribution >= 0.6 is 0 Å². The molecule has 7 nitrogen and oxygen atoms in total. The van der Waals surface area contributed by atoms with Crippen molar-refractivity contribution in [2.45, 2.75) is 12.5 Å². The number of carbonyl (C=O) groups excluding carboxylic acids is 1. The summed E-state index contributed by atoms with van der Waals surface area (Å²) in [7, 11) is 0. The minimum absolute atomic E-state index is 0.00585. The number of rotatable bonds is 4. The molecule has 7 heteroatoms. The van der Waals surface area contributed by atoms with Gasteiger partial charge in [-0.1, -0.05) is 0 Å². The monoisotopic (exact) mass is 280 g/mol. The third kappa shape index (κ3) is 3.69. The third-order valence-electron chi connectivity index (χ3n) is 2.94. The molecule has 1 fully saturated rings. The lowest BCUT2D eigenvalue weighted by Crippen LogP contribution is -2.40. The fraction of sp³-hybridized carbons (Fsp3) is 0.385. The summed E-state index contributed by atoms with van der Waals surface area (Å²) in [5.41, 5.74) is 0.0763. The summed E-state index contributed by atoms with van der Waals surface area (Å²) in [5, 5.41) is 24.1. The fourth-order valence-electron chi connectivity index (χ4n) is 1.93. The highest BCUT2D eigenvalue weighted by molar-refractivity contribution is 5.95. The lowest BCUT2D eigenvalue weighted by atomic mass is 10.1. The zero-order valence-electron chi connectivity index (χ0n) is 10.8. The van der Waals surface area contributed by atoms with Crippen molar-refractivity contribution < 1.29 is 24.5 Å². The predicted octanol–water partition coefficient (Wildman–Crippen LogP) is 0.407. The van der Waals surface area contributed by atoms with E-state index in [-0.39, 0.29) is 35.4 Å². The van der Waals surface area contributed by atoms with Crippen molar-refractivity contribution >= 4 is 17.6 Å². The number of carbonyl (C=O) groups is 2. The summed E-state index contributed by atoms with van der Waals surface area (Å²) < 4.78 is 5.40. The maximum absolute atomic E-state index is 11.8. The van der Waals surface area contributed by atoms with E-state index in [1.165, 1.54) is 18.2 Å². The van der Waals surface area contributed by atoms with Gasteiger partial charge in [-0.2, -0.15) is 0 Å². The smallest absolute Gasteiger partial charge is 0.335 e. The van der Waals surface area contributed by atoms with E-state index in [9.17, 15) is 14.7 Å². The minimum Gasteiger partial charge on any atom is -0.506 e. The van der Waals surface area contributed by atoms with Crippen LogP contribution in [-0.2, 0) is 9.53 Å². The van der Waals surface area contributed by atoms with Gasteiger partial charge in [0.05, 0.1) is 30.4 Å². The second-order valence-corrected chi connectivity index (χ2v) is 4.49. The number of aromatic hydroxyl groups is 1. The van der Waals surface area contributed by atoms with Crippen molar-refractivity contribution in [3.63, 3.8) is 0 Å². The van der Waals surface area contributed by atoms with E-state index < -0.39 is 5.97 Å². The number of hydrogen-bond donors (Lipinski definition) is 4. The minimum atomic E-state index is -1.12. The summed E-state index contributed by atoms with van der Waals surface area (Å²) in [5.74, 6) is -1.64. The number of phenols is 1. The first-order chi connectivity index (χ1) is 9.56. The number of ether oxygens (including phenoxy) is 1. The summed E-state index contributed by atoms with van der Waals surface area (Å²) >= 11 is 0. The first-order valence-electron chi connectivity index (χ1n) is 6.25. The number of aromatic carboxylic acids is 1. The SMILES string of the molecule is O=C(CC1CNCCO1)Nc1cc(C(=O)O)ccc1O. The Morgan fingerprint density at radius 1 is 1.45 bits per heavy atom. The molecule has 108 valence electrons. The number of carboxylic acids is 1. The van der Waals surface area contributed by atoms with E-state index in [1.807, 2.05) is 0 Å². The van der Waals surface area contributed by atoms with Crippen LogP contribution in [0, 0.1) is 0 Å². The van der Waals surface area contributed by atoms with E-state index in [0.717, 1.165) is 6.54 Å². The third-order valence-corrected chi connectivity index (χ3v) is 2.94. The van der Waals surface area contributed by atoms with Crippen LogP contribution < -0.4 is 10.6 Å². The number of carboxylic acid groups (broad SMARTS) is 1. The second kappa shape index (κ2) is 6.36. The van der Waals surface area contributed by atoms with E-state index in [0.29, 0.717) is 13.2 Å². The Hall–Kier alpha value is -2.12. The van der Waals surface area contributed by atoms with Crippen molar-refractivity contribution in [3.8, 4) is 5.75 Å². The largest absolute Gasteiger partial charge is 0.506 e. The Balaban J connectivity index is 1.99. The molecule has 1 amide bonds. The Bertz CT molecular complexity index is 511. The number of benzene rings is 1. The highest BCUT2D eigenvalue weighted by atomic mass is 16.5. The molecule has 1 aliphatic rings. The van der Waals surface area contributed by atoms with Gasteiger partial charge in [0.1, 0.15) is 5.75 Å². The lowest BCUT2D eigenvalue weighted by Gasteiger charge is -2.23. The van der Waals surface area contributed by atoms with Crippen LogP contribution in [0.5, 0.6) is 5.75 Å². The summed E-state index contributed by atoms with van der Waals surface area (Å²) in [6, 6.07) is 3.72. The number of anilines is 1. The van der Waals surface area contributed by atoms with Crippen molar-refractivity contribution in [1.29, 1.82) is 0 Å². The zero-order valence-corrected chi connectivity index (χ0v) is 10.8. The molecule has 1 aromatic rings. The molecule has 0 radical (unpaired) electrons. The van der Waals surface area contributed by atoms with Gasteiger partial charge in [0.2, 0.25) is 5.91 Å². The van der Waals surface area contributed by atoms with Gasteiger partial charge in [-0.15, -0.1) is 0 Å². The van der Waals surface area contributed by atoms with Crippen molar-refractivity contribution in [3.05, 3.63) is 23.8 Å². The first-order valence-corrected chi connectivity index (χ1v) is 6.25.